The van der Waals surface area contributed by atoms with Crippen molar-refractivity contribution in [2.75, 3.05) is 6.61 Å². The number of halogens is 4. The molecule has 0 radical (unpaired) electrons. The third kappa shape index (κ3) is 23.7. The van der Waals surface area contributed by atoms with Crippen molar-refractivity contribution in [2.24, 2.45) is 0 Å². The standard InChI is InChI=1S/C6H6N2.C3H6O2.BF4/c7-8-6-4-2-1-3-5-6;1-2-5-3-4;2-1(3,4)5/h1-4H,5H2;3H,2H2,1H3;/q;;-1/p+1. The average molecular weight is 268 g/mol. The summed E-state index contributed by atoms with van der Waals surface area (Å²) in [7, 11) is -6.00. The van der Waals surface area contributed by atoms with Crippen LogP contribution in [0.25, 0.3) is 5.53 Å². The largest absolute Gasteiger partial charge is 1.00 e. The van der Waals surface area contributed by atoms with Crippen LogP contribution < -0.4 is 0 Å². The lowest BCUT2D eigenvalue weighted by Crippen LogP contribution is -2.02. The van der Waals surface area contributed by atoms with Crippen LogP contribution in [0.5, 0.6) is 0 Å². The first-order valence-corrected chi connectivity index (χ1v) is 4.81. The maximum absolute atomic E-state index is 9.75. The van der Waals surface area contributed by atoms with Crippen LogP contribution in [0.1, 0.15) is 14.8 Å². The van der Waals surface area contributed by atoms with E-state index in [1.54, 1.807) is 13.0 Å². The van der Waals surface area contributed by atoms with Crippen LogP contribution in [0, 0.1) is 0 Å². The molecular formula is C9H13BF4N2O2. The summed E-state index contributed by atoms with van der Waals surface area (Å²) in [5.41, 5.74) is 8.91. The Balaban J connectivity index is -0.000000208. The van der Waals surface area contributed by atoms with E-state index in [1.165, 1.54) is 0 Å². The Kier molecular flexibility index (Phi) is 11.9. The molecule has 0 aromatic rings. The lowest BCUT2D eigenvalue weighted by molar-refractivity contribution is -0.128. The zero-order chi connectivity index (χ0) is 14.4. The van der Waals surface area contributed by atoms with Gasteiger partial charge < -0.3 is 27.5 Å². The Bertz CT molecular complexity index is 336. The Labute approximate surface area is 103 Å². The highest BCUT2D eigenvalue weighted by Crippen LogP contribution is 2.06. The highest BCUT2D eigenvalue weighted by molar-refractivity contribution is 6.50. The van der Waals surface area contributed by atoms with E-state index in [0.29, 0.717) is 18.8 Å². The van der Waals surface area contributed by atoms with Gasteiger partial charge in [-0.05, 0) is 6.92 Å². The second-order valence-electron chi connectivity index (χ2n) is 2.63. The summed E-state index contributed by atoms with van der Waals surface area (Å²) in [4.78, 5) is 12.2. The molecule has 0 bridgehead atoms. The quantitative estimate of drug-likeness (QED) is 0.254. The minimum absolute atomic E-state index is 0. The van der Waals surface area contributed by atoms with Crippen molar-refractivity contribution < 1.29 is 33.0 Å². The minimum Gasteiger partial charge on any atom is -0.468 e. The van der Waals surface area contributed by atoms with E-state index < -0.39 is 7.25 Å². The summed E-state index contributed by atoms with van der Waals surface area (Å²) in [6.07, 6.45) is 8.23. The molecule has 1 aliphatic rings. The maximum atomic E-state index is 9.75. The summed E-state index contributed by atoms with van der Waals surface area (Å²) in [6.45, 7) is 2.66. The molecule has 0 amide bonds. The molecule has 9 heteroatoms. The molecule has 18 heavy (non-hydrogen) atoms. The summed E-state index contributed by atoms with van der Waals surface area (Å²) >= 11 is 0. The van der Waals surface area contributed by atoms with Crippen molar-refractivity contribution in [3.05, 3.63) is 29.8 Å². The monoisotopic (exact) mass is 268 g/mol. The second kappa shape index (κ2) is 11.6. The lowest BCUT2D eigenvalue weighted by atomic mass is 10.2. The van der Waals surface area contributed by atoms with Crippen molar-refractivity contribution in [2.45, 2.75) is 13.3 Å². The van der Waals surface area contributed by atoms with Crippen molar-refractivity contribution >= 4 is 19.4 Å². The van der Waals surface area contributed by atoms with Crippen LogP contribution in [0.15, 0.2) is 24.3 Å². The van der Waals surface area contributed by atoms with Gasteiger partial charge in [-0.15, -0.1) is 0 Å². The predicted molar refractivity (Wildman–Crippen MR) is 60.5 cm³/mol. The van der Waals surface area contributed by atoms with E-state index in [4.69, 9.17) is 5.53 Å². The van der Waals surface area contributed by atoms with E-state index >= 15 is 0 Å². The maximum Gasteiger partial charge on any atom is 1.00 e. The number of ether oxygens (including phenoxy) is 1. The third-order valence-corrected chi connectivity index (χ3v) is 1.23. The molecule has 0 aliphatic heterocycles. The molecular weight excluding hydrogens is 255 g/mol. The molecule has 1 aliphatic carbocycles. The van der Waals surface area contributed by atoms with Gasteiger partial charge in [-0.25, -0.2) is 0 Å². The number of rotatable bonds is 2. The Morgan fingerprint density at radius 3 is 2.22 bits per heavy atom. The van der Waals surface area contributed by atoms with Crippen LogP contribution in [0.4, 0.5) is 17.3 Å². The normalized spacial score (nSPS) is 12.4. The molecule has 0 unspecified atom stereocenters. The zero-order valence-corrected chi connectivity index (χ0v) is 9.60. The van der Waals surface area contributed by atoms with Crippen molar-refractivity contribution in [3.63, 3.8) is 0 Å². The van der Waals surface area contributed by atoms with Gasteiger partial charge in [0.15, 0.2) is 0 Å². The number of nitrogens with zero attached hydrogens (tertiary/aromatic N) is 2. The molecule has 0 atom stereocenters. The van der Waals surface area contributed by atoms with E-state index in [-0.39, 0.29) is 1.43 Å². The average Bonchev–Trinajstić information content (AvgIpc) is 2.30. The fraction of sp³-hybridized carbons (Fsp3) is 0.333. The van der Waals surface area contributed by atoms with E-state index in [2.05, 4.69) is 9.53 Å². The molecule has 0 fully saturated rings. The molecule has 0 aromatic carbocycles. The smallest absolute Gasteiger partial charge is 0.468 e. The van der Waals surface area contributed by atoms with Crippen LogP contribution in [0.3, 0.4) is 0 Å². The summed E-state index contributed by atoms with van der Waals surface area (Å²) in [5, 5.41) is 0. The molecule has 1 rings (SSSR count). The molecule has 0 aromatic heterocycles. The first-order chi connectivity index (χ1) is 8.35. The summed E-state index contributed by atoms with van der Waals surface area (Å²) in [5.74, 6) is 0. The van der Waals surface area contributed by atoms with E-state index in [1.807, 2.05) is 18.2 Å². The first kappa shape index (κ1) is 18.5. The van der Waals surface area contributed by atoms with Gasteiger partial charge >= 0.3 is 8.68 Å². The number of hydrogen-bond donors (Lipinski definition) is 0. The molecule has 4 nitrogen and oxygen atoms in total. The Morgan fingerprint density at radius 2 is 2.06 bits per heavy atom. The fourth-order valence-corrected chi connectivity index (χ4v) is 0.644. The Morgan fingerprint density at radius 1 is 1.50 bits per heavy atom. The predicted octanol–water partition coefficient (Wildman–Crippen LogP) is 2.77. The van der Waals surface area contributed by atoms with Crippen molar-refractivity contribution in [1.29, 1.82) is 0 Å². The Hall–Kier alpha value is -1.89. The van der Waals surface area contributed by atoms with Gasteiger partial charge in [0.2, 0.25) is 0 Å². The molecule has 102 valence electrons. The van der Waals surface area contributed by atoms with Crippen LogP contribution in [-0.2, 0) is 9.53 Å². The van der Waals surface area contributed by atoms with Gasteiger partial charge in [0.1, 0.15) is 0 Å². The minimum atomic E-state index is -6.00. The lowest BCUT2D eigenvalue weighted by Gasteiger charge is -1.94. The number of carbonyl (C=O) groups excluding carboxylic acids is 1. The van der Waals surface area contributed by atoms with Gasteiger partial charge in [0.25, 0.3) is 12.2 Å². The highest BCUT2D eigenvalue weighted by atomic mass is 19.5. The first-order valence-electron chi connectivity index (χ1n) is 4.81. The summed E-state index contributed by atoms with van der Waals surface area (Å²) < 4.78 is 43.2. The van der Waals surface area contributed by atoms with Crippen LogP contribution in [0.2, 0.25) is 0 Å². The van der Waals surface area contributed by atoms with E-state index in [0.717, 1.165) is 6.42 Å². The van der Waals surface area contributed by atoms with Crippen molar-refractivity contribution in [3.8, 4) is 0 Å². The van der Waals surface area contributed by atoms with E-state index in [9.17, 15) is 22.1 Å². The fourth-order valence-electron chi connectivity index (χ4n) is 0.644. The van der Waals surface area contributed by atoms with Crippen LogP contribution >= 0.6 is 0 Å². The van der Waals surface area contributed by atoms with Gasteiger partial charge in [-0.1, -0.05) is 18.2 Å². The molecule has 0 heterocycles. The molecule has 0 saturated heterocycles. The SMILES string of the molecule is CCOC=O.F[B-](F)(F)F.[H+].[N-]=[N+]=C1C=CC=CC1. The topological polar surface area (TPSA) is 62.7 Å². The van der Waals surface area contributed by atoms with Gasteiger partial charge in [-0.2, -0.15) is 4.79 Å². The van der Waals surface area contributed by atoms with Crippen LogP contribution in [-0.4, -0.2) is 30.8 Å². The van der Waals surface area contributed by atoms with Gasteiger partial charge in [-0.3, -0.25) is 4.79 Å². The number of carbonyl (C=O) groups is 1. The highest BCUT2D eigenvalue weighted by Gasteiger charge is 2.20. The van der Waals surface area contributed by atoms with Gasteiger partial charge in [0.05, 0.1) is 13.0 Å². The number of hydrogen-bond acceptors (Lipinski definition) is 2. The second-order valence-corrected chi connectivity index (χ2v) is 2.63. The zero-order valence-electron chi connectivity index (χ0n) is 10.6. The molecule has 0 spiro atoms. The number of allylic oxidation sites excluding steroid dienone is 4. The molecule has 0 N–H and O–H groups in total. The van der Waals surface area contributed by atoms with Crippen molar-refractivity contribution in [1.82, 2.24) is 0 Å². The summed E-state index contributed by atoms with van der Waals surface area (Å²) in [6, 6.07) is 0. The molecule has 0 saturated carbocycles. The van der Waals surface area contributed by atoms with Gasteiger partial charge in [0, 0.05) is 6.08 Å². The third-order valence-electron chi connectivity index (χ3n) is 1.23.